The highest BCUT2D eigenvalue weighted by Gasteiger charge is 2.49. The molecule has 1 heterocycles. The number of fused-ring (bicyclic) bond motifs is 1. The first-order chi connectivity index (χ1) is 19.9. The summed E-state index contributed by atoms with van der Waals surface area (Å²) in [5.74, 6) is -2.10. The number of hydroxylamine groups is 1. The number of hydrogen-bond donors (Lipinski definition) is 3. The minimum absolute atomic E-state index is 0.161. The summed E-state index contributed by atoms with van der Waals surface area (Å²) in [7, 11) is 0. The van der Waals surface area contributed by atoms with E-state index in [2.05, 4.69) is 10.8 Å². The van der Waals surface area contributed by atoms with E-state index >= 15 is 0 Å². The second-order valence-electron chi connectivity index (χ2n) is 10.3. The number of nitrogens with zero attached hydrogens (tertiary/aromatic N) is 1. The van der Waals surface area contributed by atoms with Crippen LogP contribution in [0.15, 0.2) is 72.8 Å². The second kappa shape index (κ2) is 13.0. The molecule has 3 aromatic rings. The highest BCUT2D eigenvalue weighted by molar-refractivity contribution is 6.35. The Kier molecular flexibility index (Phi) is 9.25. The molecule has 3 aromatic carbocycles. The SMILES string of the molecule is O=C(CO)N[C@H]1CCCC[C@@H]1N1C(=O)c2ccccc2[C@@H](C(=O)NOCc2ccccc2)[C@@H]1c1ccc(Cl)cc1Cl. The van der Waals surface area contributed by atoms with Gasteiger partial charge in [0.15, 0.2) is 0 Å². The molecule has 214 valence electrons. The zero-order valence-corrected chi connectivity index (χ0v) is 23.8. The summed E-state index contributed by atoms with van der Waals surface area (Å²) in [6, 6.07) is 19.8. The summed E-state index contributed by atoms with van der Waals surface area (Å²) >= 11 is 13.0. The van der Waals surface area contributed by atoms with E-state index in [0.29, 0.717) is 39.6 Å². The molecule has 1 aliphatic carbocycles. The molecular formula is C31H31Cl2N3O5. The van der Waals surface area contributed by atoms with Crippen molar-refractivity contribution in [2.75, 3.05) is 6.61 Å². The molecule has 0 bridgehead atoms. The molecule has 41 heavy (non-hydrogen) atoms. The lowest BCUT2D eigenvalue weighted by Crippen LogP contribution is -2.59. The van der Waals surface area contributed by atoms with Gasteiger partial charge in [-0.15, -0.1) is 0 Å². The lowest BCUT2D eigenvalue weighted by atomic mass is 9.76. The third kappa shape index (κ3) is 6.26. The summed E-state index contributed by atoms with van der Waals surface area (Å²) in [5, 5.41) is 13.1. The third-order valence-electron chi connectivity index (χ3n) is 7.77. The van der Waals surface area contributed by atoms with Crippen molar-refractivity contribution in [3.8, 4) is 0 Å². The molecule has 2 aliphatic rings. The van der Waals surface area contributed by atoms with Crippen LogP contribution >= 0.6 is 23.2 Å². The summed E-state index contributed by atoms with van der Waals surface area (Å²) < 4.78 is 0. The zero-order chi connectivity index (χ0) is 28.9. The van der Waals surface area contributed by atoms with Crippen molar-refractivity contribution in [1.82, 2.24) is 15.7 Å². The molecule has 1 fully saturated rings. The Morgan fingerprint density at radius 1 is 0.951 bits per heavy atom. The highest BCUT2D eigenvalue weighted by Crippen LogP contribution is 2.47. The molecule has 4 atom stereocenters. The van der Waals surface area contributed by atoms with Gasteiger partial charge >= 0.3 is 0 Å². The molecule has 8 nitrogen and oxygen atoms in total. The Morgan fingerprint density at radius 2 is 1.68 bits per heavy atom. The number of amides is 3. The van der Waals surface area contributed by atoms with Crippen molar-refractivity contribution in [3.63, 3.8) is 0 Å². The molecule has 0 saturated heterocycles. The lowest BCUT2D eigenvalue weighted by Gasteiger charge is -2.49. The van der Waals surface area contributed by atoms with Gasteiger partial charge in [-0.1, -0.05) is 90.6 Å². The van der Waals surface area contributed by atoms with Crippen molar-refractivity contribution < 1.29 is 24.3 Å². The first-order valence-electron chi connectivity index (χ1n) is 13.6. The van der Waals surface area contributed by atoms with E-state index in [0.717, 1.165) is 18.4 Å². The van der Waals surface area contributed by atoms with Gasteiger partial charge in [-0.2, -0.15) is 0 Å². The van der Waals surface area contributed by atoms with E-state index in [9.17, 15) is 19.5 Å². The van der Waals surface area contributed by atoms with Gasteiger partial charge in [0.2, 0.25) is 5.91 Å². The van der Waals surface area contributed by atoms with Gasteiger partial charge in [-0.3, -0.25) is 19.2 Å². The van der Waals surface area contributed by atoms with Crippen LogP contribution in [0.4, 0.5) is 0 Å². The number of benzene rings is 3. The van der Waals surface area contributed by atoms with Gasteiger partial charge in [0, 0.05) is 21.7 Å². The number of carbonyl (C=O) groups excluding carboxylic acids is 3. The van der Waals surface area contributed by atoms with E-state index in [1.807, 2.05) is 30.3 Å². The van der Waals surface area contributed by atoms with Crippen LogP contribution in [0.2, 0.25) is 10.0 Å². The van der Waals surface area contributed by atoms with Crippen molar-refractivity contribution in [2.45, 2.75) is 56.3 Å². The average Bonchev–Trinajstić information content (AvgIpc) is 2.98. The number of aliphatic hydroxyl groups is 1. The fraction of sp³-hybridized carbons (Fsp3) is 0.323. The van der Waals surface area contributed by atoms with Crippen molar-refractivity contribution in [3.05, 3.63) is 105 Å². The maximum absolute atomic E-state index is 14.3. The summed E-state index contributed by atoms with van der Waals surface area (Å²) in [6.07, 6.45) is 2.92. The maximum Gasteiger partial charge on any atom is 0.255 e. The number of aliphatic hydroxyl groups excluding tert-OH is 1. The van der Waals surface area contributed by atoms with Gasteiger partial charge < -0.3 is 15.3 Å². The lowest BCUT2D eigenvalue weighted by molar-refractivity contribution is -0.138. The molecule has 0 radical (unpaired) electrons. The number of hydrogen-bond acceptors (Lipinski definition) is 5. The van der Waals surface area contributed by atoms with Gasteiger partial charge in [0.1, 0.15) is 6.61 Å². The largest absolute Gasteiger partial charge is 0.387 e. The quantitative estimate of drug-likeness (QED) is 0.320. The van der Waals surface area contributed by atoms with E-state index in [4.69, 9.17) is 28.0 Å². The van der Waals surface area contributed by atoms with Crippen LogP contribution < -0.4 is 10.8 Å². The van der Waals surface area contributed by atoms with Crippen molar-refractivity contribution >= 4 is 40.9 Å². The minimum Gasteiger partial charge on any atom is -0.387 e. The van der Waals surface area contributed by atoms with Crippen LogP contribution in [-0.4, -0.2) is 46.4 Å². The second-order valence-corrected chi connectivity index (χ2v) is 11.2. The summed E-state index contributed by atoms with van der Waals surface area (Å²) in [6.45, 7) is -0.496. The Bertz CT molecular complexity index is 1420. The van der Waals surface area contributed by atoms with Crippen LogP contribution in [0, 0.1) is 0 Å². The number of halogens is 2. The molecular weight excluding hydrogens is 565 g/mol. The molecule has 0 unspecified atom stereocenters. The summed E-state index contributed by atoms with van der Waals surface area (Å²) in [4.78, 5) is 47.9. The standard InChI is InChI=1S/C31H31Cl2N3O5/c32-20-14-15-23(24(33)16-20)29-28(30(39)35-41-18-19-8-2-1-3-9-19)21-10-4-5-11-22(21)31(40)36(29)26-13-7-6-12-25(26)34-27(38)17-37/h1-5,8-11,14-16,25-26,28-29,37H,6-7,12-13,17-18H2,(H,34,38)(H,35,39)/t25-,26-,28+,29-/m0/s1. The van der Waals surface area contributed by atoms with E-state index in [1.165, 1.54) is 0 Å². The Hall–Kier alpha value is -3.43. The maximum atomic E-state index is 14.3. The van der Waals surface area contributed by atoms with Gasteiger partial charge in [-0.25, -0.2) is 5.48 Å². The number of carbonyl (C=O) groups is 3. The van der Waals surface area contributed by atoms with E-state index < -0.39 is 42.5 Å². The van der Waals surface area contributed by atoms with Crippen LogP contribution in [0.1, 0.15) is 64.7 Å². The number of rotatable bonds is 8. The Balaban J connectivity index is 1.59. The van der Waals surface area contributed by atoms with Crippen molar-refractivity contribution in [1.29, 1.82) is 0 Å². The molecule has 10 heteroatoms. The summed E-state index contributed by atoms with van der Waals surface area (Å²) in [5.41, 5.74) is 5.01. The molecule has 1 aliphatic heterocycles. The Morgan fingerprint density at radius 3 is 2.44 bits per heavy atom. The first-order valence-corrected chi connectivity index (χ1v) is 14.4. The van der Waals surface area contributed by atoms with E-state index in [1.54, 1.807) is 47.4 Å². The topological polar surface area (TPSA) is 108 Å². The third-order valence-corrected chi connectivity index (χ3v) is 8.33. The zero-order valence-electron chi connectivity index (χ0n) is 22.3. The predicted molar refractivity (Wildman–Crippen MR) is 155 cm³/mol. The molecule has 0 aromatic heterocycles. The first kappa shape index (κ1) is 29.1. The van der Waals surface area contributed by atoms with Gasteiger partial charge in [0.05, 0.1) is 24.6 Å². The highest BCUT2D eigenvalue weighted by atomic mass is 35.5. The number of nitrogens with one attached hydrogen (secondary N) is 2. The molecule has 1 saturated carbocycles. The fourth-order valence-electron chi connectivity index (χ4n) is 5.96. The van der Waals surface area contributed by atoms with Crippen LogP contribution in [0.5, 0.6) is 0 Å². The van der Waals surface area contributed by atoms with Gasteiger partial charge in [-0.05, 0) is 47.7 Å². The minimum atomic E-state index is -0.880. The van der Waals surface area contributed by atoms with Crippen molar-refractivity contribution in [2.24, 2.45) is 0 Å². The molecule has 3 N–H and O–H groups in total. The monoisotopic (exact) mass is 595 g/mol. The van der Waals surface area contributed by atoms with Crippen LogP contribution in [-0.2, 0) is 21.0 Å². The molecule has 3 amide bonds. The molecule has 0 spiro atoms. The van der Waals surface area contributed by atoms with Crippen LogP contribution in [0.25, 0.3) is 0 Å². The fourth-order valence-corrected chi connectivity index (χ4v) is 6.48. The normalized spacial score (nSPS) is 22.1. The van der Waals surface area contributed by atoms with E-state index in [-0.39, 0.29) is 12.5 Å². The molecule has 5 rings (SSSR count). The smallest absolute Gasteiger partial charge is 0.255 e. The van der Waals surface area contributed by atoms with Gasteiger partial charge in [0.25, 0.3) is 11.8 Å². The predicted octanol–water partition coefficient (Wildman–Crippen LogP) is 4.94. The van der Waals surface area contributed by atoms with Crippen LogP contribution in [0.3, 0.4) is 0 Å². The Labute approximate surface area is 248 Å². The average molecular weight is 597 g/mol.